The van der Waals surface area contributed by atoms with E-state index in [0.29, 0.717) is 32.5 Å². The van der Waals surface area contributed by atoms with Gasteiger partial charge in [-0.3, -0.25) is 4.79 Å². The molecule has 0 aromatic carbocycles. The van der Waals surface area contributed by atoms with Gasteiger partial charge in [-0.25, -0.2) is 4.79 Å². The SMILES string of the molecule is COCC1=CCN(C(=O)NCC2(C(=O)O)CCC2)CC1. The van der Waals surface area contributed by atoms with E-state index in [2.05, 4.69) is 5.32 Å². The second kappa shape index (κ2) is 6.26. The van der Waals surface area contributed by atoms with Gasteiger partial charge in [-0.2, -0.15) is 0 Å². The summed E-state index contributed by atoms with van der Waals surface area (Å²) in [5.74, 6) is -0.801. The van der Waals surface area contributed by atoms with Gasteiger partial charge < -0.3 is 20.1 Å². The second-order valence-electron chi connectivity index (χ2n) is 5.59. The summed E-state index contributed by atoms with van der Waals surface area (Å²) in [5.41, 5.74) is 0.472. The van der Waals surface area contributed by atoms with Crippen molar-refractivity contribution < 1.29 is 19.4 Å². The Morgan fingerprint density at radius 3 is 2.70 bits per heavy atom. The van der Waals surface area contributed by atoms with Crippen LogP contribution in [0.3, 0.4) is 0 Å². The summed E-state index contributed by atoms with van der Waals surface area (Å²) in [6, 6.07) is -0.176. The van der Waals surface area contributed by atoms with E-state index in [9.17, 15) is 14.7 Å². The molecule has 0 spiro atoms. The van der Waals surface area contributed by atoms with Gasteiger partial charge >= 0.3 is 12.0 Å². The molecule has 0 aromatic rings. The molecule has 0 radical (unpaired) electrons. The molecule has 1 heterocycles. The Hall–Kier alpha value is -1.56. The first-order valence-corrected chi connectivity index (χ1v) is 7.00. The third kappa shape index (κ3) is 3.12. The average Bonchev–Trinajstić information content (AvgIpc) is 2.38. The number of ether oxygens (including phenoxy) is 1. The number of carboxylic acids is 1. The summed E-state index contributed by atoms with van der Waals surface area (Å²) >= 11 is 0. The Bertz CT molecular complexity index is 415. The van der Waals surface area contributed by atoms with Gasteiger partial charge in [0.1, 0.15) is 0 Å². The zero-order valence-corrected chi connectivity index (χ0v) is 11.9. The summed E-state index contributed by atoms with van der Waals surface area (Å²) < 4.78 is 5.07. The fraction of sp³-hybridized carbons (Fsp3) is 0.714. The number of rotatable bonds is 5. The van der Waals surface area contributed by atoms with Crippen molar-refractivity contribution in [2.45, 2.75) is 25.7 Å². The van der Waals surface area contributed by atoms with E-state index in [1.165, 1.54) is 5.57 Å². The van der Waals surface area contributed by atoms with Crippen molar-refractivity contribution in [2.24, 2.45) is 5.41 Å². The molecule has 0 aromatic heterocycles. The predicted octanol–water partition coefficient (Wildman–Crippen LogP) is 1.23. The molecule has 6 heteroatoms. The first-order chi connectivity index (χ1) is 9.57. The van der Waals surface area contributed by atoms with Crippen LogP contribution in [0.15, 0.2) is 11.6 Å². The Morgan fingerprint density at radius 1 is 1.50 bits per heavy atom. The van der Waals surface area contributed by atoms with Crippen LogP contribution in [-0.2, 0) is 9.53 Å². The molecule has 1 saturated carbocycles. The van der Waals surface area contributed by atoms with Crippen LogP contribution in [0.2, 0.25) is 0 Å². The number of hydrogen-bond donors (Lipinski definition) is 2. The van der Waals surface area contributed by atoms with Crippen LogP contribution < -0.4 is 5.32 Å². The fourth-order valence-electron chi connectivity index (χ4n) is 2.64. The van der Waals surface area contributed by atoms with Gasteiger partial charge in [0.25, 0.3) is 0 Å². The van der Waals surface area contributed by atoms with Gasteiger partial charge in [0.15, 0.2) is 0 Å². The molecule has 1 aliphatic heterocycles. The number of carbonyl (C=O) groups is 2. The molecule has 2 N–H and O–H groups in total. The predicted molar refractivity (Wildman–Crippen MR) is 73.5 cm³/mol. The van der Waals surface area contributed by atoms with Crippen LogP contribution >= 0.6 is 0 Å². The normalized spacial score (nSPS) is 20.9. The van der Waals surface area contributed by atoms with E-state index < -0.39 is 11.4 Å². The number of carbonyl (C=O) groups excluding carboxylic acids is 1. The highest BCUT2D eigenvalue weighted by Gasteiger charge is 2.44. The van der Waals surface area contributed by atoms with Gasteiger partial charge in [-0.1, -0.05) is 12.5 Å². The molecule has 6 nitrogen and oxygen atoms in total. The van der Waals surface area contributed by atoms with Gasteiger partial charge in [0, 0.05) is 26.7 Å². The van der Waals surface area contributed by atoms with Crippen molar-refractivity contribution in [1.29, 1.82) is 0 Å². The number of aliphatic carboxylic acids is 1. The first-order valence-electron chi connectivity index (χ1n) is 7.00. The van der Waals surface area contributed by atoms with Crippen molar-refractivity contribution >= 4 is 12.0 Å². The minimum atomic E-state index is -0.801. The number of amides is 2. The number of nitrogens with zero attached hydrogens (tertiary/aromatic N) is 1. The van der Waals surface area contributed by atoms with Crippen LogP contribution in [0, 0.1) is 5.41 Å². The first kappa shape index (κ1) is 14.8. The molecule has 2 aliphatic rings. The van der Waals surface area contributed by atoms with Crippen LogP contribution in [0.5, 0.6) is 0 Å². The zero-order chi connectivity index (χ0) is 14.6. The summed E-state index contributed by atoms with van der Waals surface area (Å²) in [4.78, 5) is 25.0. The Morgan fingerprint density at radius 2 is 2.25 bits per heavy atom. The summed E-state index contributed by atoms with van der Waals surface area (Å²) in [6.07, 6.45) is 5.05. The molecule has 0 unspecified atom stereocenters. The molecule has 112 valence electrons. The van der Waals surface area contributed by atoms with E-state index in [-0.39, 0.29) is 12.6 Å². The third-order valence-corrected chi connectivity index (χ3v) is 4.26. The molecule has 0 bridgehead atoms. The van der Waals surface area contributed by atoms with Gasteiger partial charge in [0.2, 0.25) is 0 Å². The molecule has 0 saturated heterocycles. The number of nitrogens with one attached hydrogen (secondary N) is 1. The standard InChI is InChI=1S/C14H22N2O4/c1-20-9-11-3-7-16(8-4-11)13(19)15-10-14(12(17)18)5-2-6-14/h3H,2,4-10H2,1H3,(H,15,19)(H,17,18). The van der Waals surface area contributed by atoms with Crippen LogP contribution in [0.1, 0.15) is 25.7 Å². The molecular formula is C14H22N2O4. The lowest BCUT2D eigenvalue weighted by atomic mass is 9.69. The minimum Gasteiger partial charge on any atom is -0.481 e. The average molecular weight is 282 g/mol. The molecule has 0 atom stereocenters. The second-order valence-corrected chi connectivity index (χ2v) is 5.59. The van der Waals surface area contributed by atoms with Crippen molar-refractivity contribution in [3.05, 3.63) is 11.6 Å². The maximum Gasteiger partial charge on any atom is 0.317 e. The van der Waals surface area contributed by atoms with E-state index in [1.807, 2.05) is 6.08 Å². The Labute approximate surface area is 118 Å². The molecule has 20 heavy (non-hydrogen) atoms. The van der Waals surface area contributed by atoms with E-state index >= 15 is 0 Å². The van der Waals surface area contributed by atoms with Crippen molar-refractivity contribution in [1.82, 2.24) is 10.2 Å². The monoisotopic (exact) mass is 282 g/mol. The highest BCUT2D eigenvalue weighted by Crippen LogP contribution is 2.40. The Balaban J connectivity index is 1.80. The van der Waals surface area contributed by atoms with Crippen LogP contribution in [0.4, 0.5) is 4.79 Å². The summed E-state index contributed by atoms with van der Waals surface area (Å²) in [6.45, 7) is 2.05. The lowest BCUT2D eigenvalue weighted by molar-refractivity contribution is -0.153. The summed E-state index contributed by atoms with van der Waals surface area (Å²) in [5, 5.41) is 12.0. The van der Waals surface area contributed by atoms with Gasteiger partial charge in [0.05, 0.1) is 12.0 Å². The van der Waals surface area contributed by atoms with Crippen molar-refractivity contribution in [3.63, 3.8) is 0 Å². The van der Waals surface area contributed by atoms with Gasteiger partial charge in [-0.15, -0.1) is 0 Å². The van der Waals surface area contributed by atoms with Gasteiger partial charge in [-0.05, 0) is 24.8 Å². The highest BCUT2D eigenvalue weighted by atomic mass is 16.5. The largest absolute Gasteiger partial charge is 0.481 e. The van der Waals surface area contributed by atoms with E-state index in [0.717, 1.165) is 12.8 Å². The molecule has 1 fully saturated rings. The lowest BCUT2D eigenvalue weighted by Gasteiger charge is -2.38. The quantitative estimate of drug-likeness (QED) is 0.743. The van der Waals surface area contributed by atoms with E-state index in [1.54, 1.807) is 12.0 Å². The molecule has 1 aliphatic carbocycles. The summed E-state index contributed by atoms with van der Waals surface area (Å²) in [7, 11) is 1.66. The highest BCUT2D eigenvalue weighted by molar-refractivity contribution is 5.79. The number of urea groups is 1. The Kier molecular flexibility index (Phi) is 4.65. The fourth-order valence-corrected chi connectivity index (χ4v) is 2.64. The number of methoxy groups -OCH3 is 1. The van der Waals surface area contributed by atoms with Crippen molar-refractivity contribution in [2.75, 3.05) is 33.4 Å². The molecule has 2 rings (SSSR count). The molecular weight excluding hydrogens is 260 g/mol. The topological polar surface area (TPSA) is 78.9 Å². The number of hydrogen-bond acceptors (Lipinski definition) is 3. The maximum absolute atomic E-state index is 12.0. The zero-order valence-electron chi connectivity index (χ0n) is 11.9. The van der Waals surface area contributed by atoms with Crippen molar-refractivity contribution in [3.8, 4) is 0 Å². The van der Waals surface area contributed by atoms with Crippen LogP contribution in [0.25, 0.3) is 0 Å². The maximum atomic E-state index is 12.0. The van der Waals surface area contributed by atoms with Crippen LogP contribution in [-0.4, -0.2) is 55.4 Å². The molecule has 2 amide bonds. The number of carboxylic acid groups (broad SMARTS) is 1. The van der Waals surface area contributed by atoms with E-state index in [4.69, 9.17) is 4.74 Å². The minimum absolute atomic E-state index is 0.176. The smallest absolute Gasteiger partial charge is 0.317 e. The third-order valence-electron chi connectivity index (χ3n) is 4.26. The lowest BCUT2D eigenvalue weighted by Crippen LogP contribution is -2.51.